The summed E-state index contributed by atoms with van der Waals surface area (Å²) >= 11 is 0. The van der Waals surface area contributed by atoms with Crippen molar-refractivity contribution in [3.63, 3.8) is 0 Å². The molecule has 112 valence electrons. The molecule has 0 fully saturated rings. The molecule has 2 aromatic carbocycles. The van der Waals surface area contributed by atoms with E-state index in [1.54, 1.807) is 0 Å². The number of anilines is 1. The van der Waals surface area contributed by atoms with Gasteiger partial charge in [-0.1, -0.05) is 6.07 Å². The van der Waals surface area contributed by atoms with Crippen molar-refractivity contribution in [3.8, 4) is 0 Å². The van der Waals surface area contributed by atoms with Gasteiger partial charge in [-0.25, -0.2) is 4.39 Å². The summed E-state index contributed by atoms with van der Waals surface area (Å²) < 4.78 is 13.1. The van der Waals surface area contributed by atoms with Crippen molar-refractivity contribution in [1.29, 1.82) is 0 Å². The molecular formula is C15H12FN3O3. The fraction of sp³-hybridized carbons (Fsp3) is 0. The third-order valence-corrected chi connectivity index (χ3v) is 2.85. The predicted molar refractivity (Wildman–Crippen MR) is 77.8 cm³/mol. The van der Waals surface area contributed by atoms with Gasteiger partial charge < -0.3 is 16.8 Å². The lowest BCUT2D eigenvalue weighted by atomic mass is 10.1. The standard InChI is InChI=1S/C15H12FN3O3/c16-11-3-1-2-8(5-11)15(22)19-12-6-9(13(17)20)4-10(7-12)14(18)21/h1-7H,(H2,17,20)(H2,18,21)(H,19,22). The zero-order valence-corrected chi connectivity index (χ0v) is 11.3. The quantitative estimate of drug-likeness (QED) is 0.789. The second kappa shape index (κ2) is 6.04. The van der Waals surface area contributed by atoms with E-state index >= 15 is 0 Å². The van der Waals surface area contributed by atoms with Crippen molar-refractivity contribution >= 4 is 23.4 Å². The molecule has 3 amide bonds. The van der Waals surface area contributed by atoms with E-state index in [9.17, 15) is 18.8 Å². The zero-order valence-electron chi connectivity index (χ0n) is 11.3. The molecule has 0 aliphatic carbocycles. The molecule has 5 N–H and O–H groups in total. The van der Waals surface area contributed by atoms with Gasteiger partial charge in [0.15, 0.2) is 0 Å². The average Bonchev–Trinajstić information content (AvgIpc) is 2.46. The van der Waals surface area contributed by atoms with Gasteiger partial charge in [-0.15, -0.1) is 0 Å². The Hall–Kier alpha value is -3.22. The lowest BCUT2D eigenvalue weighted by Gasteiger charge is -2.08. The van der Waals surface area contributed by atoms with Crippen molar-refractivity contribution in [1.82, 2.24) is 0 Å². The van der Waals surface area contributed by atoms with Crippen LogP contribution in [0.4, 0.5) is 10.1 Å². The van der Waals surface area contributed by atoms with E-state index in [1.165, 1.54) is 36.4 Å². The second-order valence-electron chi connectivity index (χ2n) is 4.49. The lowest BCUT2D eigenvalue weighted by Crippen LogP contribution is -2.18. The summed E-state index contributed by atoms with van der Waals surface area (Å²) in [6.45, 7) is 0. The molecule has 0 aliphatic heterocycles. The monoisotopic (exact) mass is 301 g/mol. The first-order chi connectivity index (χ1) is 10.4. The van der Waals surface area contributed by atoms with Crippen molar-refractivity contribution in [3.05, 3.63) is 65.0 Å². The number of primary amides is 2. The van der Waals surface area contributed by atoms with Gasteiger partial charge in [-0.3, -0.25) is 14.4 Å². The molecule has 0 aromatic heterocycles. The molecule has 0 saturated heterocycles. The van der Waals surface area contributed by atoms with E-state index in [4.69, 9.17) is 11.5 Å². The molecule has 0 bridgehead atoms. The number of amides is 3. The fourth-order valence-corrected chi connectivity index (χ4v) is 1.82. The van der Waals surface area contributed by atoms with Crippen LogP contribution in [-0.4, -0.2) is 17.7 Å². The van der Waals surface area contributed by atoms with Gasteiger partial charge in [-0.05, 0) is 36.4 Å². The van der Waals surface area contributed by atoms with Crippen LogP contribution in [0.25, 0.3) is 0 Å². The van der Waals surface area contributed by atoms with Crippen LogP contribution in [0.15, 0.2) is 42.5 Å². The molecular weight excluding hydrogens is 289 g/mol. The zero-order chi connectivity index (χ0) is 16.3. The lowest BCUT2D eigenvalue weighted by molar-refractivity contribution is 0.0994. The molecule has 0 aliphatic rings. The van der Waals surface area contributed by atoms with Gasteiger partial charge >= 0.3 is 0 Å². The molecule has 6 nitrogen and oxygen atoms in total. The number of carbonyl (C=O) groups excluding carboxylic acids is 3. The smallest absolute Gasteiger partial charge is 0.255 e. The topological polar surface area (TPSA) is 115 Å². The third kappa shape index (κ3) is 3.45. The number of hydrogen-bond acceptors (Lipinski definition) is 3. The van der Waals surface area contributed by atoms with E-state index < -0.39 is 23.5 Å². The van der Waals surface area contributed by atoms with E-state index in [2.05, 4.69) is 5.32 Å². The molecule has 2 rings (SSSR count). The Balaban J connectivity index is 2.34. The van der Waals surface area contributed by atoms with Gasteiger partial charge in [0.1, 0.15) is 5.82 Å². The molecule has 0 radical (unpaired) electrons. The van der Waals surface area contributed by atoms with E-state index in [1.807, 2.05) is 0 Å². The van der Waals surface area contributed by atoms with Gasteiger partial charge in [0.2, 0.25) is 11.8 Å². The Morgan fingerprint density at radius 1 is 0.864 bits per heavy atom. The third-order valence-electron chi connectivity index (χ3n) is 2.85. The highest BCUT2D eigenvalue weighted by molar-refractivity contribution is 6.06. The first-order valence-electron chi connectivity index (χ1n) is 6.18. The molecule has 2 aromatic rings. The Bertz CT molecular complexity index is 742. The number of nitrogens with one attached hydrogen (secondary N) is 1. The highest BCUT2D eigenvalue weighted by Crippen LogP contribution is 2.16. The summed E-state index contributed by atoms with van der Waals surface area (Å²) in [5, 5.41) is 2.45. The van der Waals surface area contributed by atoms with E-state index in [-0.39, 0.29) is 22.4 Å². The normalized spacial score (nSPS) is 10.0. The van der Waals surface area contributed by atoms with Crippen LogP contribution < -0.4 is 16.8 Å². The minimum atomic E-state index is -0.774. The fourth-order valence-electron chi connectivity index (χ4n) is 1.82. The average molecular weight is 301 g/mol. The van der Waals surface area contributed by atoms with Crippen LogP contribution in [0.3, 0.4) is 0 Å². The van der Waals surface area contributed by atoms with Crippen LogP contribution in [-0.2, 0) is 0 Å². The summed E-state index contributed by atoms with van der Waals surface area (Å²) in [4.78, 5) is 34.5. The van der Waals surface area contributed by atoms with Gasteiger partial charge in [0, 0.05) is 22.4 Å². The van der Waals surface area contributed by atoms with Crippen LogP contribution in [0.2, 0.25) is 0 Å². The number of rotatable bonds is 4. The number of hydrogen-bond donors (Lipinski definition) is 3. The predicted octanol–water partition coefficient (Wildman–Crippen LogP) is 1.28. The summed E-state index contributed by atoms with van der Waals surface area (Å²) in [5.74, 6) is -2.71. The number of halogens is 1. The SMILES string of the molecule is NC(=O)c1cc(NC(=O)c2cccc(F)c2)cc(C(N)=O)c1. The molecule has 0 saturated carbocycles. The Morgan fingerprint density at radius 2 is 1.45 bits per heavy atom. The minimum Gasteiger partial charge on any atom is -0.366 e. The minimum absolute atomic E-state index is 0.0193. The second-order valence-corrected chi connectivity index (χ2v) is 4.49. The highest BCUT2D eigenvalue weighted by Gasteiger charge is 2.12. The molecule has 0 unspecified atom stereocenters. The van der Waals surface area contributed by atoms with Crippen molar-refractivity contribution < 1.29 is 18.8 Å². The molecule has 0 atom stereocenters. The van der Waals surface area contributed by atoms with E-state index in [0.717, 1.165) is 6.07 Å². The summed E-state index contributed by atoms with van der Waals surface area (Å²) in [6, 6.07) is 8.89. The highest BCUT2D eigenvalue weighted by atomic mass is 19.1. The molecule has 22 heavy (non-hydrogen) atoms. The van der Waals surface area contributed by atoms with Crippen LogP contribution >= 0.6 is 0 Å². The maximum Gasteiger partial charge on any atom is 0.255 e. The van der Waals surface area contributed by atoms with Gasteiger partial charge in [-0.2, -0.15) is 0 Å². The van der Waals surface area contributed by atoms with Gasteiger partial charge in [0.25, 0.3) is 5.91 Å². The number of benzene rings is 2. The molecule has 7 heteroatoms. The van der Waals surface area contributed by atoms with Crippen LogP contribution in [0.5, 0.6) is 0 Å². The van der Waals surface area contributed by atoms with Crippen LogP contribution in [0.1, 0.15) is 31.1 Å². The maximum absolute atomic E-state index is 13.1. The van der Waals surface area contributed by atoms with Crippen molar-refractivity contribution in [2.45, 2.75) is 0 Å². The first kappa shape index (κ1) is 15.2. The Labute approximate surface area is 124 Å². The van der Waals surface area contributed by atoms with Crippen LogP contribution in [0, 0.1) is 5.82 Å². The Morgan fingerprint density at radius 3 is 1.95 bits per heavy atom. The Kier molecular flexibility index (Phi) is 4.17. The van der Waals surface area contributed by atoms with Gasteiger partial charge in [0.05, 0.1) is 0 Å². The summed E-state index contributed by atoms with van der Waals surface area (Å²) in [6.07, 6.45) is 0. The summed E-state index contributed by atoms with van der Waals surface area (Å²) in [5.41, 5.74) is 10.6. The largest absolute Gasteiger partial charge is 0.366 e. The van der Waals surface area contributed by atoms with E-state index in [0.29, 0.717) is 0 Å². The number of carbonyl (C=O) groups is 3. The van der Waals surface area contributed by atoms with Crippen molar-refractivity contribution in [2.24, 2.45) is 11.5 Å². The van der Waals surface area contributed by atoms with Crippen molar-refractivity contribution in [2.75, 3.05) is 5.32 Å². The number of nitrogens with two attached hydrogens (primary N) is 2. The molecule has 0 spiro atoms. The molecule has 0 heterocycles. The maximum atomic E-state index is 13.1. The summed E-state index contributed by atoms with van der Waals surface area (Å²) in [7, 11) is 0. The first-order valence-corrected chi connectivity index (χ1v) is 6.18.